The minimum Gasteiger partial charge on any atom is -0.497 e. The molecule has 9 nitrogen and oxygen atoms in total. The fourth-order valence-corrected chi connectivity index (χ4v) is 3.54. The standard InChI is InChI=1S/C21H21N5O4/c1-30-19-7-3-5-17(15-19)25-9-8-22-21(25)24-12-10-23(11-13-24)20(27)16-4-2-6-18(14-16)26(28)29/h2-9,14-15H,10-13H2,1H3. The number of nitrogens with zero attached hydrogens (tertiary/aromatic N) is 5. The van der Waals surface area contributed by atoms with Crippen LogP contribution in [0.3, 0.4) is 0 Å². The van der Waals surface area contributed by atoms with E-state index in [0.717, 1.165) is 17.4 Å². The Bertz CT molecular complexity index is 1070. The molecule has 0 N–H and O–H groups in total. The Balaban J connectivity index is 1.47. The number of nitro benzene ring substituents is 1. The van der Waals surface area contributed by atoms with Gasteiger partial charge >= 0.3 is 0 Å². The number of methoxy groups -OCH3 is 1. The first kappa shape index (κ1) is 19.4. The SMILES string of the molecule is COc1cccc(-n2ccnc2N2CCN(C(=O)c3cccc([N+](=O)[O-])c3)CC2)c1. The van der Waals surface area contributed by atoms with Crippen LogP contribution in [0.5, 0.6) is 5.75 Å². The second-order valence-electron chi connectivity index (χ2n) is 6.89. The predicted molar refractivity (Wildman–Crippen MR) is 111 cm³/mol. The van der Waals surface area contributed by atoms with Crippen molar-refractivity contribution in [3.63, 3.8) is 0 Å². The summed E-state index contributed by atoms with van der Waals surface area (Å²) in [6, 6.07) is 13.6. The number of ether oxygens (including phenoxy) is 1. The zero-order valence-corrected chi connectivity index (χ0v) is 16.5. The molecule has 2 heterocycles. The molecule has 1 aromatic heterocycles. The molecular weight excluding hydrogens is 386 g/mol. The monoisotopic (exact) mass is 407 g/mol. The van der Waals surface area contributed by atoms with Gasteiger partial charge in [0.15, 0.2) is 0 Å². The van der Waals surface area contributed by atoms with Crippen LogP contribution in [0.2, 0.25) is 0 Å². The summed E-state index contributed by atoms with van der Waals surface area (Å²) in [5.74, 6) is 1.36. The maximum Gasteiger partial charge on any atom is 0.270 e. The van der Waals surface area contributed by atoms with E-state index in [0.29, 0.717) is 31.7 Å². The highest BCUT2D eigenvalue weighted by Crippen LogP contribution is 2.23. The minimum absolute atomic E-state index is 0.0835. The quantitative estimate of drug-likeness (QED) is 0.477. The van der Waals surface area contributed by atoms with Crippen molar-refractivity contribution in [1.29, 1.82) is 0 Å². The van der Waals surface area contributed by atoms with Crippen LogP contribution in [0.25, 0.3) is 5.69 Å². The highest BCUT2D eigenvalue weighted by atomic mass is 16.6. The first-order valence-corrected chi connectivity index (χ1v) is 9.53. The van der Waals surface area contributed by atoms with Crippen molar-refractivity contribution in [3.05, 3.63) is 76.6 Å². The number of piperazine rings is 1. The molecule has 2 aromatic carbocycles. The molecule has 1 saturated heterocycles. The number of benzene rings is 2. The Morgan fingerprint density at radius 1 is 1.10 bits per heavy atom. The van der Waals surface area contributed by atoms with E-state index in [1.807, 2.05) is 35.0 Å². The predicted octanol–water partition coefficient (Wildman–Crippen LogP) is 2.75. The van der Waals surface area contributed by atoms with Gasteiger partial charge in [0.25, 0.3) is 11.6 Å². The van der Waals surface area contributed by atoms with Gasteiger partial charge in [-0.15, -0.1) is 0 Å². The molecule has 0 spiro atoms. The fourth-order valence-electron chi connectivity index (χ4n) is 3.54. The number of hydrogen-bond donors (Lipinski definition) is 0. The van der Waals surface area contributed by atoms with Gasteiger partial charge in [0.1, 0.15) is 5.75 Å². The van der Waals surface area contributed by atoms with E-state index in [-0.39, 0.29) is 11.6 Å². The van der Waals surface area contributed by atoms with Crippen LogP contribution in [0.15, 0.2) is 60.9 Å². The highest BCUT2D eigenvalue weighted by Gasteiger charge is 2.25. The Kier molecular flexibility index (Phi) is 5.34. The molecular formula is C21H21N5O4. The smallest absolute Gasteiger partial charge is 0.270 e. The fraction of sp³-hybridized carbons (Fsp3) is 0.238. The molecule has 30 heavy (non-hydrogen) atoms. The van der Waals surface area contributed by atoms with E-state index in [1.54, 1.807) is 24.3 Å². The zero-order chi connectivity index (χ0) is 21.1. The summed E-state index contributed by atoms with van der Waals surface area (Å²) in [5.41, 5.74) is 1.19. The number of rotatable bonds is 5. The molecule has 3 aromatic rings. The van der Waals surface area contributed by atoms with E-state index < -0.39 is 4.92 Å². The molecule has 0 atom stereocenters. The van der Waals surface area contributed by atoms with Crippen LogP contribution in [-0.4, -0.2) is 58.6 Å². The summed E-state index contributed by atoms with van der Waals surface area (Å²) < 4.78 is 7.30. The third kappa shape index (κ3) is 3.82. The summed E-state index contributed by atoms with van der Waals surface area (Å²) in [6.07, 6.45) is 3.64. The summed E-state index contributed by atoms with van der Waals surface area (Å²) in [7, 11) is 1.63. The molecule has 0 aliphatic carbocycles. The molecule has 9 heteroatoms. The van der Waals surface area contributed by atoms with Crippen molar-refractivity contribution in [3.8, 4) is 11.4 Å². The van der Waals surface area contributed by atoms with Crippen molar-refractivity contribution >= 4 is 17.5 Å². The Labute approximate surface area is 173 Å². The average molecular weight is 407 g/mol. The summed E-state index contributed by atoms with van der Waals surface area (Å²) in [4.78, 5) is 31.6. The van der Waals surface area contributed by atoms with Crippen molar-refractivity contribution in [1.82, 2.24) is 14.5 Å². The maximum absolute atomic E-state index is 12.8. The van der Waals surface area contributed by atoms with Crippen LogP contribution in [-0.2, 0) is 0 Å². The van der Waals surface area contributed by atoms with Crippen molar-refractivity contribution < 1.29 is 14.5 Å². The Hall–Kier alpha value is -3.88. The lowest BCUT2D eigenvalue weighted by Crippen LogP contribution is -2.49. The third-order valence-electron chi connectivity index (χ3n) is 5.11. The van der Waals surface area contributed by atoms with Gasteiger partial charge in [-0.1, -0.05) is 12.1 Å². The van der Waals surface area contributed by atoms with Gasteiger partial charge in [0, 0.05) is 62.3 Å². The molecule has 0 bridgehead atoms. The Morgan fingerprint density at radius 3 is 2.60 bits per heavy atom. The number of hydrogen-bond acceptors (Lipinski definition) is 6. The second kappa shape index (κ2) is 8.24. The van der Waals surface area contributed by atoms with E-state index in [1.165, 1.54) is 18.2 Å². The van der Waals surface area contributed by atoms with Crippen molar-refractivity contribution in [2.75, 3.05) is 38.2 Å². The van der Waals surface area contributed by atoms with Gasteiger partial charge in [-0.2, -0.15) is 0 Å². The van der Waals surface area contributed by atoms with Gasteiger partial charge in [-0.3, -0.25) is 19.5 Å². The number of nitro groups is 1. The number of non-ortho nitro benzene ring substituents is 1. The molecule has 154 valence electrons. The second-order valence-corrected chi connectivity index (χ2v) is 6.89. The number of imidazole rings is 1. The van der Waals surface area contributed by atoms with E-state index in [4.69, 9.17) is 4.74 Å². The molecule has 1 aliphatic heterocycles. The van der Waals surface area contributed by atoms with E-state index in [2.05, 4.69) is 9.88 Å². The zero-order valence-electron chi connectivity index (χ0n) is 16.5. The van der Waals surface area contributed by atoms with Crippen LogP contribution in [0, 0.1) is 10.1 Å². The molecule has 1 aliphatic rings. The molecule has 1 amide bonds. The highest BCUT2D eigenvalue weighted by molar-refractivity contribution is 5.95. The number of aromatic nitrogens is 2. The average Bonchev–Trinajstić information content (AvgIpc) is 3.29. The van der Waals surface area contributed by atoms with E-state index in [9.17, 15) is 14.9 Å². The van der Waals surface area contributed by atoms with Crippen molar-refractivity contribution in [2.24, 2.45) is 0 Å². The molecule has 4 rings (SSSR count). The first-order valence-electron chi connectivity index (χ1n) is 9.53. The van der Waals surface area contributed by atoms with Crippen LogP contribution in [0.1, 0.15) is 10.4 Å². The number of carbonyl (C=O) groups excluding carboxylic acids is 1. The minimum atomic E-state index is -0.493. The van der Waals surface area contributed by atoms with Gasteiger partial charge < -0.3 is 14.5 Å². The number of anilines is 1. The van der Waals surface area contributed by atoms with Gasteiger partial charge in [0.05, 0.1) is 17.7 Å². The number of carbonyl (C=O) groups is 1. The van der Waals surface area contributed by atoms with Crippen LogP contribution >= 0.6 is 0 Å². The molecule has 1 fully saturated rings. The van der Waals surface area contributed by atoms with Gasteiger partial charge in [-0.05, 0) is 18.2 Å². The number of amides is 1. The first-order chi connectivity index (χ1) is 14.6. The van der Waals surface area contributed by atoms with Gasteiger partial charge in [0.2, 0.25) is 5.95 Å². The molecule has 0 radical (unpaired) electrons. The van der Waals surface area contributed by atoms with Crippen LogP contribution in [0.4, 0.5) is 11.6 Å². The summed E-state index contributed by atoms with van der Waals surface area (Å²) in [5, 5.41) is 11.0. The van der Waals surface area contributed by atoms with Crippen LogP contribution < -0.4 is 9.64 Å². The largest absolute Gasteiger partial charge is 0.497 e. The summed E-state index contributed by atoms with van der Waals surface area (Å²) in [6.45, 7) is 2.24. The normalized spacial score (nSPS) is 13.9. The lowest BCUT2D eigenvalue weighted by molar-refractivity contribution is -0.384. The van der Waals surface area contributed by atoms with E-state index >= 15 is 0 Å². The third-order valence-corrected chi connectivity index (χ3v) is 5.11. The summed E-state index contributed by atoms with van der Waals surface area (Å²) >= 11 is 0. The lowest BCUT2D eigenvalue weighted by Gasteiger charge is -2.35. The Morgan fingerprint density at radius 2 is 1.87 bits per heavy atom. The molecule has 0 unspecified atom stereocenters. The van der Waals surface area contributed by atoms with Gasteiger partial charge in [-0.25, -0.2) is 4.98 Å². The lowest BCUT2D eigenvalue weighted by atomic mass is 10.1. The topological polar surface area (TPSA) is 93.7 Å². The van der Waals surface area contributed by atoms with Crippen molar-refractivity contribution in [2.45, 2.75) is 0 Å². The molecule has 0 saturated carbocycles. The maximum atomic E-state index is 12.8.